The Kier molecular flexibility index (Phi) is 5.10. The molecule has 0 aliphatic carbocycles. The van der Waals surface area contributed by atoms with Crippen LogP contribution in [0.3, 0.4) is 0 Å². The summed E-state index contributed by atoms with van der Waals surface area (Å²) in [6.45, 7) is 0. The van der Waals surface area contributed by atoms with E-state index in [1.165, 1.54) is 0 Å². The molecule has 2 heterocycles. The number of nitrogens with one attached hydrogen (secondary N) is 1. The molecule has 0 fully saturated rings. The highest BCUT2D eigenvalue weighted by Crippen LogP contribution is 2.37. The number of nitriles is 1. The van der Waals surface area contributed by atoms with Crippen LogP contribution in [0.1, 0.15) is 5.56 Å². The number of nitrogens with zero attached hydrogens (tertiary/aromatic N) is 2. The van der Waals surface area contributed by atoms with Crippen molar-refractivity contribution >= 4 is 22.5 Å². The van der Waals surface area contributed by atoms with Crippen LogP contribution < -0.4 is 4.74 Å². The number of ether oxygens (including phenoxy) is 1. The van der Waals surface area contributed by atoms with E-state index in [9.17, 15) is 5.26 Å². The number of benzene rings is 3. The van der Waals surface area contributed by atoms with Crippen LogP contribution >= 0.6 is 11.6 Å². The predicted molar refractivity (Wildman–Crippen MR) is 129 cm³/mol. The number of fused-ring (bicyclic) bond motifs is 1. The summed E-state index contributed by atoms with van der Waals surface area (Å²) in [7, 11) is 1.64. The fourth-order valence-electron chi connectivity index (χ4n) is 3.89. The van der Waals surface area contributed by atoms with Crippen molar-refractivity contribution in [2.24, 2.45) is 0 Å². The van der Waals surface area contributed by atoms with Crippen LogP contribution in [-0.2, 0) is 0 Å². The van der Waals surface area contributed by atoms with Gasteiger partial charge >= 0.3 is 0 Å². The fraction of sp³-hybridized carbons (Fsp3) is 0.0370. The van der Waals surface area contributed by atoms with E-state index in [4.69, 9.17) is 21.3 Å². The molecule has 0 amide bonds. The summed E-state index contributed by atoms with van der Waals surface area (Å²) in [5.74, 6) is 0.775. The highest BCUT2D eigenvalue weighted by Gasteiger charge is 2.19. The average Bonchev–Trinajstić information content (AvgIpc) is 3.28. The number of halogens is 1. The molecule has 3 aromatic carbocycles. The maximum atomic E-state index is 10.2. The van der Waals surface area contributed by atoms with Gasteiger partial charge in [0.05, 0.1) is 24.1 Å². The molecule has 0 spiro atoms. The zero-order valence-electron chi connectivity index (χ0n) is 17.3. The SMILES string of the molecule is COc1ccc(-c2cc(-c3ccc(Cl)cc3)c(C#N)c(-c3c[nH]c4ccccc34)n2)cc1. The van der Waals surface area contributed by atoms with E-state index >= 15 is 0 Å². The Hall–Kier alpha value is -4.07. The second kappa shape index (κ2) is 8.22. The second-order valence-electron chi connectivity index (χ2n) is 7.37. The van der Waals surface area contributed by atoms with E-state index in [1.54, 1.807) is 7.11 Å². The number of aromatic amines is 1. The molecule has 1 N–H and O–H groups in total. The van der Waals surface area contributed by atoms with Gasteiger partial charge in [0.15, 0.2) is 0 Å². The lowest BCUT2D eigenvalue weighted by atomic mass is 9.94. The molecule has 5 heteroatoms. The number of rotatable bonds is 4. The molecule has 0 atom stereocenters. The van der Waals surface area contributed by atoms with Crippen LogP contribution in [0.2, 0.25) is 5.02 Å². The molecule has 0 unspecified atom stereocenters. The first-order valence-electron chi connectivity index (χ1n) is 10.1. The summed E-state index contributed by atoms with van der Waals surface area (Å²) in [4.78, 5) is 8.25. The van der Waals surface area contributed by atoms with Gasteiger partial charge in [-0.15, -0.1) is 0 Å². The van der Waals surface area contributed by atoms with Gasteiger partial charge in [0, 0.05) is 38.8 Å². The van der Waals surface area contributed by atoms with Gasteiger partial charge in [-0.25, -0.2) is 4.98 Å². The van der Waals surface area contributed by atoms with E-state index < -0.39 is 0 Å². The van der Waals surface area contributed by atoms with Crippen LogP contribution in [0.25, 0.3) is 44.5 Å². The Morgan fingerprint density at radius 2 is 1.62 bits per heavy atom. The van der Waals surface area contributed by atoms with Crippen molar-refractivity contribution in [2.75, 3.05) is 7.11 Å². The van der Waals surface area contributed by atoms with Crippen molar-refractivity contribution in [1.82, 2.24) is 9.97 Å². The third-order valence-corrected chi connectivity index (χ3v) is 5.77. The molecule has 0 aliphatic heterocycles. The van der Waals surface area contributed by atoms with Gasteiger partial charge < -0.3 is 9.72 Å². The van der Waals surface area contributed by atoms with Gasteiger partial charge in [0.1, 0.15) is 11.8 Å². The maximum Gasteiger partial charge on any atom is 0.118 e. The van der Waals surface area contributed by atoms with Crippen molar-refractivity contribution in [3.05, 3.63) is 95.6 Å². The van der Waals surface area contributed by atoms with Crippen LogP contribution in [0.15, 0.2) is 85.1 Å². The smallest absolute Gasteiger partial charge is 0.118 e. The molecule has 2 aromatic heterocycles. The zero-order chi connectivity index (χ0) is 22.1. The summed E-state index contributed by atoms with van der Waals surface area (Å²) in [6.07, 6.45) is 1.91. The molecule has 4 nitrogen and oxygen atoms in total. The van der Waals surface area contributed by atoms with Crippen LogP contribution in [0, 0.1) is 11.3 Å². The van der Waals surface area contributed by atoms with Gasteiger partial charge in [-0.05, 0) is 54.1 Å². The standard InChI is InChI=1S/C27H18ClN3O/c1-32-20-12-8-18(9-13-20)26-14-22(17-6-10-19(28)11-7-17)23(15-29)27(31-26)24-16-30-25-5-3-2-4-21(24)25/h2-14,16,30H,1H3. The van der Waals surface area contributed by atoms with Crippen molar-refractivity contribution in [3.8, 4) is 45.5 Å². The van der Waals surface area contributed by atoms with Gasteiger partial charge in [-0.3, -0.25) is 0 Å². The lowest BCUT2D eigenvalue weighted by Crippen LogP contribution is -1.97. The van der Waals surface area contributed by atoms with E-state index in [0.29, 0.717) is 16.3 Å². The monoisotopic (exact) mass is 435 g/mol. The van der Waals surface area contributed by atoms with Crippen LogP contribution in [-0.4, -0.2) is 17.1 Å². The van der Waals surface area contributed by atoms with Crippen molar-refractivity contribution in [2.45, 2.75) is 0 Å². The number of aromatic nitrogens is 2. The molecule has 0 saturated carbocycles. The Bertz CT molecular complexity index is 1460. The number of pyridine rings is 1. The molecular weight excluding hydrogens is 418 g/mol. The summed E-state index contributed by atoms with van der Waals surface area (Å²) in [5, 5.41) is 11.8. The molecule has 0 bridgehead atoms. The molecule has 0 aliphatic rings. The molecule has 5 aromatic rings. The summed E-state index contributed by atoms with van der Waals surface area (Å²) >= 11 is 6.11. The Balaban J connectivity index is 1.80. The summed E-state index contributed by atoms with van der Waals surface area (Å²) in [5.41, 5.74) is 6.48. The van der Waals surface area contributed by atoms with E-state index in [0.717, 1.165) is 44.6 Å². The number of hydrogen-bond donors (Lipinski definition) is 1. The minimum Gasteiger partial charge on any atom is -0.497 e. The van der Waals surface area contributed by atoms with Crippen molar-refractivity contribution in [3.63, 3.8) is 0 Å². The first-order valence-corrected chi connectivity index (χ1v) is 10.5. The Morgan fingerprint density at radius 3 is 2.34 bits per heavy atom. The first kappa shape index (κ1) is 19.9. The molecule has 154 valence electrons. The van der Waals surface area contributed by atoms with Gasteiger partial charge in [-0.1, -0.05) is 41.9 Å². The van der Waals surface area contributed by atoms with Crippen LogP contribution in [0.4, 0.5) is 0 Å². The Morgan fingerprint density at radius 1 is 0.906 bits per heavy atom. The fourth-order valence-corrected chi connectivity index (χ4v) is 4.01. The number of para-hydroxylation sites is 1. The summed E-state index contributed by atoms with van der Waals surface area (Å²) < 4.78 is 5.30. The third kappa shape index (κ3) is 3.49. The molecule has 0 radical (unpaired) electrons. The largest absolute Gasteiger partial charge is 0.497 e. The number of methoxy groups -OCH3 is 1. The highest BCUT2D eigenvalue weighted by atomic mass is 35.5. The normalized spacial score (nSPS) is 10.8. The van der Waals surface area contributed by atoms with Crippen molar-refractivity contribution < 1.29 is 4.74 Å². The molecule has 32 heavy (non-hydrogen) atoms. The molecule has 5 rings (SSSR count). The third-order valence-electron chi connectivity index (χ3n) is 5.52. The van der Waals surface area contributed by atoms with Crippen molar-refractivity contribution in [1.29, 1.82) is 5.26 Å². The number of H-pyrrole nitrogens is 1. The minimum atomic E-state index is 0.523. The predicted octanol–water partition coefficient (Wildman–Crippen LogP) is 7.10. The van der Waals surface area contributed by atoms with E-state index in [1.807, 2.05) is 85.1 Å². The molecular formula is C27H18ClN3O. The van der Waals surface area contributed by atoms with E-state index in [2.05, 4.69) is 11.1 Å². The maximum absolute atomic E-state index is 10.2. The second-order valence-corrected chi connectivity index (χ2v) is 7.81. The number of hydrogen-bond acceptors (Lipinski definition) is 3. The Labute approximate surface area is 190 Å². The first-order chi connectivity index (χ1) is 15.7. The van der Waals surface area contributed by atoms with E-state index in [-0.39, 0.29) is 0 Å². The average molecular weight is 436 g/mol. The van der Waals surface area contributed by atoms with Gasteiger partial charge in [-0.2, -0.15) is 5.26 Å². The summed E-state index contributed by atoms with van der Waals surface area (Å²) in [6, 6.07) is 27.6. The topological polar surface area (TPSA) is 61.7 Å². The van der Waals surface area contributed by atoms with Crippen LogP contribution in [0.5, 0.6) is 5.75 Å². The molecule has 0 saturated heterocycles. The zero-order valence-corrected chi connectivity index (χ0v) is 18.0. The highest BCUT2D eigenvalue weighted by molar-refractivity contribution is 6.30. The van der Waals surface area contributed by atoms with Gasteiger partial charge in [0.25, 0.3) is 0 Å². The lowest BCUT2D eigenvalue weighted by molar-refractivity contribution is 0.415. The quantitative estimate of drug-likeness (QED) is 0.327. The lowest BCUT2D eigenvalue weighted by Gasteiger charge is -2.13. The van der Waals surface area contributed by atoms with Gasteiger partial charge in [0.2, 0.25) is 0 Å². The minimum absolute atomic E-state index is 0.523.